The molecule has 1 atom stereocenters. The van der Waals surface area contributed by atoms with Gasteiger partial charge in [0.1, 0.15) is 11.7 Å². The largest absolute Gasteiger partial charge is 0.368 e. The van der Waals surface area contributed by atoms with Crippen molar-refractivity contribution in [3.63, 3.8) is 0 Å². The molecule has 0 spiro atoms. The van der Waals surface area contributed by atoms with E-state index in [2.05, 4.69) is 5.32 Å². The number of carbonyl (C=O) groups excluding carboxylic acids is 2. The lowest BCUT2D eigenvalue weighted by molar-refractivity contribution is -0.162. The Hall–Kier alpha value is -0.890. The predicted molar refractivity (Wildman–Crippen MR) is 91.2 cm³/mol. The predicted octanol–water partition coefficient (Wildman–Crippen LogP) is 0.0266. The van der Waals surface area contributed by atoms with Crippen LogP contribution in [0.4, 0.5) is 0 Å². The molecule has 0 aromatic heterocycles. The van der Waals surface area contributed by atoms with Gasteiger partial charge in [0.25, 0.3) is 11.8 Å². The van der Waals surface area contributed by atoms with E-state index in [1.165, 1.54) is 0 Å². The van der Waals surface area contributed by atoms with Crippen molar-refractivity contribution in [3.05, 3.63) is 0 Å². The van der Waals surface area contributed by atoms with Crippen LogP contribution in [0.25, 0.3) is 0 Å². The molecule has 3 fully saturated rings. The maximum atomic E-state index is 12.9. The smallest absolute Gasteiger partial charge is 0.255 e. The number of hydrogen-bond acceptors (Lipinski definition) is 5. The number of rotatable bonds is 3. The summed E-state index contributed by atoms with van der Waals surface area (Å²) < 4.78 is 11.1. The molecule has 0 aromatic carbocycles. The van der Waals surface area contributed by atoms with Gasteiger partial charge >= 0.3 is 0 Å². The third-order valence-corrected chi connectivity index (χ3v) is 5.28. The number of hydrogen-bond donors (Lipinski definition) is 1. The topological polar surface area (TPSA) is 71.1 Å². The molecule has 3 heterocycles. The number of piperazine rings is 1. The Kier molecular flexibility index (Phi) is 6.86. The number of methoxy groups -OCH3 is 1. The van der Waals surface area contributed by atoms with Gasteiger partial charge in [-0.2, -0.15) is 0 Å². The maximum absolute atomic E-state index is 12.9. The number of carbonyl (C=O) groups is 2. The van der Waals surface area contributed by atoms with Crippen LogP contribution in [0.5, 0.6) is 0 Å². The Morgan fingerprint density at radius 3 is 2.29 bits per heavy atom. The van der Waals surface area contributed by atoms with Crippen LogP contribution in [0.2, 0.25) is 0 Å². The second-order valence-electron chi connectivity index (χ2n) is 6.57. The summed E-state index contributed by atoms with van der Waals surface area (Å²) in [5.41, 5.74) is -0.688. The number of ether oxygens (including phenoxy) is 2. The minimum Gasteiger partial charge on any atom is -0.368 e. The molecule has 1 N–H and O–H groups in total. The molecule has 138 valence electrons. The highest BCUT2D eigenvalue weighted by Crippen LogP contribution is 2.26. The third kappa shape index (κ3) is 3.85. The van der Waals surface area contributed by atoms with E-state index in [1.54, 1.807) is 7.11 Å². The van der Waals surface area contributed by atoms with E-state index in [1.807, 2.05) is 9.80 Å². The standard InChI is InChI=1S/C16H27N3O4.ClH/c1-22-16(4-6-17-7-5-16)15(21)19-10-8-18(9-11-19)14(20)13-3-2-12-23-13;/h13,17H,2-12H2,1H3;1H. The summed E-state index contributed by atoms with van der Waals surface area (Å²) in [4.78, 5) is 28.9. The summed E-state index contributed by atoms with van der Waals surface area (Å²) >= 11 is 0. The van der Waals surface area contributed by atoms with Crippen molar-refractivity contribution < 1.29 is 19.1 Å². The van der Waals surface area contributed by atoms with Crippen molar-refractivity contribution in [2.75, 3.05) is 53.0 Å². The lowest BCUT2D eigenvalue weighted by Gasteiger charge is -2.42. The number of halogens is 1. The van der Waals surface area contributed by atoms with Gasteiger partial charge in [0.05, 0.1) is 0 Å². The van der Waals surface area contributed by atoms with Gasteiger partial charge in [-0.05, 0) is 38.8 Å². The first kappa shape index (κ1) is 19.4. The Bertz CT molecular complexity index is 443. The van der Waals surface area contributed by atoms with Crippen molar-refractivity contribution in [2.45, 2.75) is 37.4 Å². The van der Waals surface area contributed by atoms with Crippen molar-refractivity contribution >= 4 is 24.2 Å². The minimum absolute atomic E-state index is 0. The van der Waals surface area contributed by atoms with Gasteiger partial charge in [0, 0.05) is 39.9 Å². The minimum atomic E-state index is -0.688. The quantitative estimate of drug-likeness (QED) is 0.767. The summed E-state index contributed by atoms with van der Waals surface area (Å²) in [5.74, 6) is 0.156. The SMILES string of the molecule is COC1(C(=O)N2CCN(C(=O)C3CCCO3)CC2)CCNCC1.Cl. The van der Waals surface area contributed by atoms with E-state index in [9.17, 15) is 9.59 Å². The van der Waals surface area contributed by atoms with Crippen LogP contribution in [0.3, 0.4) is 0 Å². The highest BCUT2D eigenvalue weighted by molar-refractivity contribution is 5.86. The van der Waals surface area contributed by atoms with Crippen LogP contribution in [-0.2, 0) is 19.1 Å². The average molecular weight is 362 g/mol. The first-order valence-electron chi connectivity index (χ1n) is 8.62. The van der Waals surface area contributed by atoms with Gasteiger partial charge in [-0.3, -0.25) is 9.59 Å². The fraction of sp³-hybridized carbons (Fsp3) is 0.875. The van der Waals surface area contributed by atoms with Gasteiger partial charge in [0.15, 0.2) is 0 Å². The summed E-state index contributed by atoms with van der Waals surface area (Å²) in [6.45, 7) is 4.62. The molecule has 3 aliphatic heterocycles. The van der Waals surface area contributed by atoms with Crippen molar-refractivity contribution in [2.24, 2.45) is 0 Å². The molecule has 3 saturated heterocycles. The van der Waals surface area contributed by atoms with Gasteiger partial charge < -0.3 is 24.6 Å². The second kappa shape index (κ2) is 8.47. The Morgan fingerprint density at radius 1 is 1.12 bits per heavy atom. The third-order valence-electron chi connectivity index (χ3n) is 5.28. The molecule has 0 bridgehead atoms. The molecular formula is C16H28ClN3O4. The van der Waals surface area contributed by atoms with Crippen LogP contribution in [-0.4, -0.2) is 86.3 Å². The van der Waals surface area contributed by atoms with E-state index < -0.39 is 5.60 Å². The van der Waals surface area contributed by atoms with E-state index >= 15 is 0 Å². The maximum Gasteiger partial charge on any atom is 0.255 e. The summed E-state index contributed by atoms with van der Waals surface area (Å²) in [5, 5.41) is 3.27. The van der Waals surface area contributed by atoms with E-state index in [0.717, 1.165) is 25.9 Å². The highest BCUT2D eigenvalue weighted by atomic mass is 35.5. The molecule has 0 aromatic rings. The van der Waals surface area contributed by atoms with Crippen LogP contribution < -0.4 is 5.32 Å². The second-order valence-corrected chi connectivity index (χ2v) is 6.57. The molecule has 7 nitrogen and oxygen atoms in total. The Morgan fingerprint density at radius 2 is 1.75 bits per heavy atom. The fourth-order valence-electron chi connectivity index (χ4n) is 3.73. The molecule has 0 radical (unpaired) electrons. The number of piperidine rings is 1. The lowest BCUT2D eigenvalue weighted by atomic mass is 9.90. The lowest BCUT2D eigenvalue weighted by Crippen LogP contribution is -2.60. The summed E-state index contributed by atoms with van der Waals surface area (Å²) in [6, 6.07) is 0. The number of amides is 2. The molecule has 24 heavy (non-hydrogen) atoms. The monoisotopic (exact) mass is 361 g/mol. The van der Waals surface area contributed by atoms with E-state index in [4.69, 9.17) is 9.47 Å². The zero-order valence-electron chi connectivity index (χ0n) is 14.3. The van der Waals surface area contributed by atoms with Crippen LogP contribution in [0.15, 0.2) is 0 Å². The Balaban J connectivity index is 0.00000208. The number of nitrogens with one attached hydrogen (secondary N) is 1. The van der Waals surface area contributed by atoms with Crippen LogP contribution >= 0.6 is 12.4 Å². The van der Waals surface area contributed by atoms with Crippen LogP contribution in [0, 0.1) is 0 Å². The Labute approximate surface area is 149 Å². The molecule has 1 unspecified atom stereocenters. The summed E-state index contributed by atoms with van der Waals surface area (Å²) in [7, 11) is 1.63. The molecule has 0 aliphatic carbocycles. The van der Waals surface area contributed by atoms with E-state index in [-0.39, 0.29) is 30.3 Å². The molecule has 0 saturated carbocycles. The number of nitrogens with zero attached hydrogens (tertiary/aromatic N) is 2. The van der Waals surface area contributed by atoms with Gasteiger partial charge in [-0.25, -0.2) is 0 Å². The molecule has 3 rings (SSSR count). The fourth-order valence-corrected chi connectivity index (χ4v) is 3.73. The average Bonchev–Trinajstić information content (AvgIpc) is 3.16. The van der Waals surface area contributed by atoms with Crippen molar-refractivity contribution in [3.8, 4) is 0 Å². The molecular weight excluding hydrogens is 334 g/mol. The van der Waals surface area contributed by atoms with Gasteiger partial charge in [-0.1, -0.05) is 0 Å². The zero-order chi connectivity index (χ0) is 16.3. The van der Waals surface area contributed by atoms with Crippen LogP contribution in [0.1, 0.15) is 25.7 Å². The highest BCUT2D eigenvalue weighted by Gasteiger charge is 2.43. The molecule has 3 aliphatic rings. The first-order chi connectivity index (χ1) is 11.2. The first-order valence-corrected chi connectivity index (χ1v) is 8.62. The van der Waals surface area contributed by atoms with E-state index in [0.29, 0.717) is 45.6 Å². The molecule has 8 heteroatoms. The normalized spacial score (nSPS) is 26.8. The van der Waals surface area contributed by atoms with Crippen molar-refractivity contribution in [1.82, 2.24) is 15.1 Å². The van der Waals surface area contributed by atoms with Gasteiger partial charge in [0.2, 0.25) is 0 Å². The van der Waals surface area contributed by atoms with Gasteiger partial charge in [-0.15, -0.1) is 12.4 Å². The zero-order valence-corrected chi connectivity index (χ0v) is 15.1. The van der Waals surface area contributed by atoms with Crippen molar-refractivity contribution in [1.29, 1.82) is 0 Å². The summed E-state index contributed by atoms with van der Waals surface area (Å²) in [6.07, 6.45) is 2.92. The molecule has 2 amide bonds.